The number of amides is 1. The first kappa shape index (κ1) is 18.4. The smallest absolute Gasteiger partial charge is 0.338 e. The van der Waals surface area contributed by atoms with E-state index in [4.69, 9.17) is 4.74 Å². The van der Waals surface area contributed by atoms with E-state index in [1.165, 1.54) is 30.7 Å². The fourth-order valence-electron chi connectivity index (χ4n) is 2.82. The van der Waals surface area contributed by atoms with Gasteiger partial charge >= 0.3 is 5.97 Å². The number of carbonyl (C=O) groups excluding carboxylic acids is 2. The monoisotopic (exact) mass is 353 g/mol. The van der Waals surface area contributed by atoms with Crippen LogP contribution in [0.2, 0.25) is 0 Å². The predicted octanol–water partition coefficient (Wildman–Crippen LogP) is 2.04. The molecule has 0 aromatic heterocycles. The quantitative estimate of drug-likeness (QED) is 0.757. The SMILES string of the molecule is CN(C(=O)COC(=O)c1ccc(S(C)(=O)=O)cc1)C1CCCCC1. The van der Waals surface area contributed by atoms with Gasteiger partial charge in [-0.1, -0.05) is 19.3 Å². The number of carbonyl (C=O) groups is 2. The molecule has 0 atom stereocenters. The summed E-state index contributed by atoms with van der Waals surface area (Å²) in [6, 6.07) is 5.69. The van der Waals surface area contributed by atoms with Crippen molar-refractivity contribution in [3.05, 3.63) is 29.8 Å². The van der Waals surface area contributed by atoms with E-state index in [9.17, 15) is 18.0 Å². The Labute approximate surface area is 142 Å². The van der Waals surface area contributed by atoms with Gasteiger partial charge in [0, 0.05) is 19.3 Å². The van der Waals surface area contributed by atoms with Gasteiger partial charge in [-0.25, -0.2) is 13.2 Å². The maximum absolute atomic E-state index is 12.1. The number of rotatable bonds is 5. The molecule has 0 heterocycles. The molecule has 0 N–H and O–H groups in total. The van der Waals surface area contributed by atoms with Gasteiger partial charge < -0.3 is 9.64 Å². The lowest BCUT2D eigenvalue weighted by Crippen LogP contribution is -2.40. The van der Waals surface area contributed by atoms with E-state index >= 15 is 0 Å². The summed E-state index contributed by atoms with van der Waals surface area (Å²) in [7, 11) is -1.56. The first-order chi connectivity index (χ1) is 11.3. The highest BCUT2D eigenvalue weighted by Gasteiger charge is 2.23. The maximum atomic E-state index is 12.1. The van der Waals surface area contributed by atoms with E-state index in [0.717, 1.165) is 31.9 Å². The van der Waals surface area contributed by atoms with Crippen molar-refractivity contribution >= 4 is 21.7 Å². The molecule has 1 saturated carbocycles. The summed E-state index contributed by atoms with van der Waals surface area (Å²) >= 11 is 0. The molecule has 0 spiro atoms. The third-order valence-corrected chi connectivity index (χ3v) is 5.49. The highest BCUT2D eigenvalue weighted by atomic mass is 32.2. The van der Waals surface area contributed by atoms with Gasteiger partial charge in [-0.05, 0) is 37.1 Å². The van der Waals surface area contributed by atoms with Gasteiger partial charge in [-0.3, -0.25) is 4.79 Å². The molecule has 7 heteroatoms. The lowest BCUT2D eigenvalue weighted by atomic mass is 9.94. The first-order valence-electron chi connectivity index (χ1n) is 8.02. The number of sulfone groups is 1. The van der Waals surface area contributed by atoms with Crippen molar-refractivity contribution in [1.82, 2.24) is 4.90 Å². The van der Waals surface area contributed by atoms with Gasteiger partial charge in [0.05, 0.1) is 10.5 Å². The first-order valence-corrected chi connectivity index (χ1v) is 9.91. The molecule has 1 amide bonds. The molecule has 132 valence electrons. The largest absolute Gasteiger partial charge is 0.452 e. The van der Waals surface area contributed by atoms with Crippen LogP contribution in [0.25, 0.3) is 0 Å². The summed E-state index contributed by atoms with van der Waals surface area (Å²) in [6.07, 6.45) is 6.52. The molecule has 1 fully saturated rings. The van der Waals surface area contributed by atoms with Gasteiger partial charge in [0.1, 0.15) is 0 Å². The fourth-order valence-corrected chi connectivity index (χ4v) is 3.45. The average Bonchev–Trinajstić information content (AvgIpc) is 2.58. The maximum Gasteiger partial charge on any atom is 0.338 e. The number of likely N-dealkylation sites (N-methyl/N-ethyl adjacent to an activating group) is 1. The van der Waals surface area contributed by atoms with Crippen LogP contribution in [0, 0.1) is 0 Å². The molecule has 1 aromatic rings. The number of nitrogens with zero attached hydrogens (tertiary/aromatic N) is 1. The van der Waals surface area contributed by atoms with Crippen molar-refractivity contribution < 1.29 is 22.7 Å². The molecule has 0 unspecified atom stereocenters. The molecule has 1 aromatic carbocycles. The van der Waals surface area contributed by atoms with Crippen LogP contribution in [0.4, 0.5) is 0 Å². The second kappa shape index (κ2) is 7.79. The van der Waals surface area contributed by atoms with Gasteiger partial charge in [0.15, 0.2) is 16.4 Å². The molecule has 24 heavy (non-hydrogen) atoms. The van der Waals surface area contributed by atoms with Crippen molar-refractivity contribution in [2.45, 2.75) is 43.0 Å². The molecule has 1 aliphatic carbocycles. The lowest BCUT2D eigenvalue weighted by molar-refractivity contribution is -0.135. The summed E-state index contributed by atoms with van der Waals surface area (Å²) in [6.45, 7) is -0.306. The average molecular weight is 353 g/mol. The van der Waals surface area contributed by atoms with E-state index in [0.29, 0.717) is 0 Å². The van der Waals surface area contributed by atoms with E-state index in [1.807, 2.05) is 0 Å². The van der Waals surface area contributed by atoms with Crippen LogP contribution in [0.3, 0.4) is 0 Å². The minimum Gasteiger partial charge on any atom is -0.452 e. The number of hydrogen-bond acceptors (Lipinski definition) is 5. The van der Waals surface area contributed by atoms with E-state index < -0.39 is 15.8 Å². The molecule has 6 nitrogen and oxygen atoms in total. The summed E-state index contributed by atoms with van der Waals surface area (Å²) < 4.78 is 27.8. The molecule has 2 rings (SSSR count). The second-order valence-electron chi connectivity index (χ2n) is 6.17. The fraction of sp³-hybridized carbons (Fsp3) is 0.529. The molecule has 0 saturated heterocycles. The van der Waals surface area contributed by atoms with Gasteiger partial charge in [0.2, 0.25) is 0 Å². The van der Waals surface area contributed by atoms with Crippen LogP contribution < -0.4 is 0 Å². The molecule has 0 bridgehead atoms. The summed E-state index contributed by atoms with van der Waals surface area (Å²) in [4.78, 5) is 25.9. The lowest BCUT2D eigenvalue weighted by Gasteiger charge is -2.31. The van der Waals surface area contributed by atoms with Crippen molar-refractivity contribution in [2.75, 3.05) is 19.9 Å². The Morgan fingerprint density at radius 1 is 1.12 bits per heavy atom. The second-order valence-corrected chi connectivity index (χ2v) is 8.18. The van der Waals surface area contributed by atoms with E-state index in [1.54, 1.807) is 11.9 Å². The van der Waals surface area contributed by atoms with Gasteiger partial charge in [-0.15, -0.1) is 0 Å². The van der Waals surface area contributed by atoms with Crippen LogP contribution in [0.1, 0.15) is 42.5 Å². The zero-order chi connectivity index (χ0) is 17.7. The topological polar surface area (TPSA) is 80.8 Å². The third kappa shape index (κ3) is 4.80. The molecular formula is C17H23NO5S. The molecule has 0 radical (unpaired) electrons. The minimum atomic E-state index is -3.31. The van der Waals surface area contributed by atoms with Crippen molar-refractivity contribution in [3.8, 4) is 0 Å². The van der Waals surface area contributed by atoms with E-state index in [-0.39, 0.29) is 29.0 Å². The Hall–Kier alpha value is -1.89. The van der Waals surface area contributed by atoms with Gasteiger partial charge in [-0.2, -0.15) is 0 Å². The van der Waals surface area contributed by atoms with Crippen molar-refractivity contribution in [3.63, 3.8) is 0 Å². The number of esters is 1. The van der Waals surface area contributed by atoms with Crippen molar-refractivity contribution in [1.29, 1.82) is 0 Å². The van der Waals surface area contributed by atoms with Crippen molar-refractivity contribution in [2.24, 2.45) is 0 Å². The Kier molecular flexibility index (Phi) is 5.99. The number of benzene rings is 1. The highest BCUT2D eigenvalue weighted by molar-refractivity contribution is 7.90. The van der Waals surface area contributed by atoms with E-state index in [2.05, 4.69) is 0 Å². The predicted molar refractivity (Wildman–Crippen MR) is 89.5 cm³/mol. The summed E-state index contributed by atoms with van der Waals surface area (Å²) in [5.74, 6) is -0.858. The molecular weight excluding hydrogens is 330 g/mol. The normalized spacial score (nSPS) is 15.8. The summed E-state index contributed by atoms with van der Waals surface area (Å²) in [5.41, 5.74) is 0.218. The Morgan fingerprint density at radius 3 is 2.25 bits per heavy atom. The Balaban J connectivity index is 1.89. The third-order valence-electron chi connectivity index (χ3n) is 4.36. The zero-order valence-electron chi connectivity index (χ0n) is 14.0. The Bertz CT molecular complexity index is 690. The summed E-state index contributed by atoms with van der Waals surface area (Å²) in [5, 5.41) is 0. The zero-order valence-corrected chi connectivity index (χ0v) is 14.8. The van der Waals surface area contributed by atoms with Gasteiger partial charge in [0.25, 0.3) is 5.91 Å². The van der Waals surface area contributed by atoms with Crippen LogP contribution in [0.5, 0.6) is 0 Å². The number of hydrogen-bond donors (Lipinski definition) is 0. The highest BCUT2D eigenvalue weighted by Crippen LogP contribution is 2.21. The van der Waals surface area contributed by atoms with Crippen LogP contribution in [-0.4, -0.2) is 51.1 Å². The number of ether oxygens (including phenoxy) is 1. The molecule has 1 aliphatic rings. The van der Waals surface area contributed by atoms with Crippen LogP contribution in [0.15, 0.2) is 29.2 Å². The molecule has 0 aliphatic heterocycles. The van der Waals surface area contributed by atoms with Crippen LogP contribution in [-0.2, 0) is 19.4 Å². The Morgan fingerprint density at radius 2 is 1.71 bits per heavy atom. The standard InChI is InChI=1S/C17H23NO5S/c1-18(14-6-4-3-5-7-14)16(19)12-23-17(20)13-8-10-15(11-9-13)24(2,21)22/h8-11,14H,3-7,12H2,1-2H3. The van der Waals surface area contributed by atoms with Crippen LogP contribution >= 0.6 is 0 Å². The minimum absolute atomic E-state index is 0.132.